The Morgan fingerprint density at radius 1 is 0.474 bits per heavy atom. The van der Waals surface area contributed by atoms with Gasteiger partial charge in [0, 0.05) is 5.92 Å². The standard InChI is InChI=1S/C38H64/c1-18-21(4)27(10)35(28(11)22(18)5)33(16)34(17)38(36-29(12)23(6)19(2)24(7)30(36)13)37-31(14)25(8)20(3)26(9)32(37)15/h18-19,21-23,25,27-28,32-35,38H,1-17H3. The van der Waals surface area contributed by atoms with Gasteiger partial charge in [0.05, 0.1) is 0 Å². The number of rotatable bonds is 5. The molecule has 0 aromatic rings. The molecule has 0 heterocycles. The van der Waals surface area contributed by atoms with Gasteiger partial charge in [-0.15, -0.1) is 0 Å². The maximum atomic E-state index is 2.64. The lowest BCUT2D eigenvalue weighted by Gasteiger charge is -2.52. The molecule has 1 saturated carbocycles. The molecular weight excluding hydrogens is 456 g/mol. The van der Waals surface area contributed by atoms with Crippen molar-refractivity contribution >= 4 is 0 Å². The number of hydrogen-bond donors (Lipinski definition) is 0. The van der Waals surface area contributed by atoms with Crippen LogP contribution in [0.4, 0.5) is 0 Å². The zero-order valence-corrected chi connectivity index (χ0v) is 28.5. The third-order valence-corrected chi connectivity index (χ3v) is 14.2. The van der Waals surface area contributed by atoms with Gasteiger partial charge < -0.3 is 0 Å². The van der Waals surface area contributed by atoms with E-state index in [1.807, 2.05) is 0 Å². The van der Waals surface area contributed by atoms with Crippen LogP contribution in [0.2, 0.25) is 0 Å². The molecule has 3 aliphatic carbocycles. The van der Waals surface area contributed by atoms with E-state index >= 15 is 0 Å². The quantitative estimate of drug-likeness (QED) is 0.316. The molecule has 3 rings (SSSR count). The smallest absolute Gasteiger partial charge is 0.00873 e. The highest BCUT2D eigenvalue weighted by molar-refractivity contribution is 5.51. The summed E-state index contributed by atoms with van der Waals surface area (Å²) in [6, 6.07) is 0. The minimum atomic E-state index is 0.500. The molecule has 1 fully saturated rings. The fourth-order valence-electron chi connectivity index (χ4n) is 9.60. The van der Waals surface area contributed by atoms with E-state index in [0.29, 0.717) is 41.4 Å². The summed E-state index contributed by atoms with van der Waals surface area (Å²) < 4.78 is 0. The van der Waals surface area contributed by atoms with E-state index in [0.717, 1.165) is 35.5 Å². The van der Waals surface area contributed by atoms with E-state index in [-0.39, 0.29) is 0 Å². The van der Waals surface area contributed by atoms with Crippen LogP contribution in [0.5, 0.6) is 0 Å². The molecule has 38 heavy (non-hydrogen) atoms. The highest BCUT2D eigenvalue weighted by atomic mass is 14.5. The summed E-state index contributed by atoms with van der Waals surface area (Å²) >= 11 is 0. The molecule has 0 aromatic heterocycles. The van der Waals surface area contributed by atoms with Gasteiger partial charge in [0.2, 0.25) is 0 Å². The van der Waals surface area contributed by atoms with Gasteiger partial charge in [-0.1, -0.05) is 110 Å². The Morgan fingerprint density at radius 2 is 0.895 bits per heavy atom. The third-order valence-electron chi connectivity index (χ3n) is 14.2. The van der Waals surface area contributed by atoms with Crippen molar-refractivity contribution < 1.29 is 0 Å². The Hall–Kier alpha value is -1.04. The Labute approximate surface area is 238 Å². The normalized spacial score (nSPS) is 41.6. The maximum absolute atomic E-state index is 2.64. The molecule has 11 atom stereocenters. The van der Waals surface area contributed by atoms with Crippen LogP contribution in [0, 0.1) is 76.9 Å². The molecule has 216 valence electrons. The molecule has 0 aromatic carbocycles. The summed E-state index contributed by atoms with van der Waals surface area (Å²) in [5.74, 6) is 8.83. The van der Waals surface area contributed by atoms with Crippen LogP contribution in [-0.2, 0) is 0 Å². The van der Waals surface area contributed by atoms with Crippen molar-refractivity contribution in [2.75, 3.05) is 0 Å². The summed E-state index contributed by atoms with van der Waals surface area (Å²) in [7, 11) is 0. The van der Waals surface area contributed by atoms with Gasteiger partial charge in [-0.3, -0.25) is 0 Å². The van der Waals surface area contributed by atoms with E-state index < -0.39 is 0 Å². The molecule has 0 radical (unpaired) electrons. The van der Waals surface area contributed by atoms with E-state index in [1.165, 1.54) is 0 Å². The van der Waals surface area contributed by atoms with Crippen molar-refractivity contribution in [1.29, 1.82) is 0 Å². The van der Waals surface area contributed by atoms with E-state index in [1.54, 1.807) is 44.6 Å². The van der Waals surface area contributed by atoms with Crippen LogP contribution in [-0.4, -0.2) is 0 Å². The van der Waals surface area contributed by atoms with Crippen LogP contribution >= 0.6 is 0 Å². The van der Waals surface area contributed by atoms with Gasteiger partial charge in [0.15, 0.2) is 0 Å². The van der Waals surface area contributed by atoms with Gasteiger partial charge in [-0.2, -0.15) is 0 Å². The van der Waals surface area contributed by atoms with Gasteiger partial charge >= 0.3 is 0 Å². The largest absolute Gasteiger partial charge is 0.0669 e. The van der Waals surface area contributed by atoms with Crippen LogP contribution in [0.1, 0.15) is 118 Å². The van der Waals surface area contributed by atoms with Crippen molar-refractivity contribution in [3.63, 3.8) is 0 Å². The van der Waals surface area contributed by atoms with Gasteiger partial charge in [-0.05, 0) is 124 Å². The lowest BCUT2D eigenvalue weighted by molar-refractivity contribution is -0.0241. The van der Waals surface area contributed by atoms with Crippen LogP contribution in [0.25, 0.3) is 0 Å². The summed E-state index contributed by atoms with van der Waals surface area (Å²) in [6.07, 6.45) is 0. The first-order valence-corrected chi connectivity index (χ1v) is 16.2. The molecule has 0 spiro atoms. The molecule has 0 heteroatoms. The first-order valence-electron chi connectivity index (χ1n) is 16.2. The summed E-state index contributed by atoms with van der Waals surface area (Å²) in [5.41, 5.74) is 13.2. The maximum Gasteiger partial charge on any atom is 0.00873 e. The molecule has 3 aliphatic rings. The van der Waals surface area contributed by atoms with Crippen molar-refractivity contribution in [1.82, 2.24) is 0 Å². The van der Waals surface area contributed by atoms with Crippen LogP contribution in [0.3, 0.4) is 0 Å². The predicted octanol–water partition coefficient (Wildman–Crippen LogP) is 11.6. The summed E-state index contributed by atoms with van der Waals surface area (Å²) in [6.45, 7) is 42.6. The lowest BCUT2D eigenvalue weighted by atomic mass is 9.53. The minimum absolute atomic E-state index is 0.500. The Balaban J connectivity index is 2.24. The SMILES string of the molecule is CC1=C(C)C(C)C(C)C(C)=C1C(C1=C(C)C(C)C(C)=C(C)C1C)C(C)C(C)C1C(C)C(C)C(C)C(C)C1C. The van der Waals surface area contributed by atoms with Crippen LogP contribution in [0.15, 0.2) is 44.6 Å². The molecule has 0 saturated heterocycles. The fourth-order valence-corrected chi connectivity index (χ4v) is 9.60. The average molecular weight is 521 g/mol. The second-order valence-electron chi connectivity index (χ2n) is 15.0. The topological polar surface area (TPSA) is 0 Å². The Morgan fingerprint density at radius 3 is 1.39 bits per heavy atom. The molecular formula is C38H64. The molecule has 0 bridgehead atoms. The second kappa shape index (κ2) is 11.4. The Kier molecular flexibility index (Phi) is 9.49. The molecule has 11 unspecified atom stereocenters. The minimum Gasteiger partial charge on any atom is -0.0669 e. The van der Waals surface area contributed by atoms with Crippen molar-refractivity contribution in [3.05, 3.63) is 44.6 Å². The van der Waals surface area contributed by atoms with E-state index in [9.17, 15) is 0 Å². The fraction of sp³-hybridized carbons (Fsp3) is 0.789. The van der Waals surface area contributed by atoms with Crippen molar-refractivity contribution in [2.24, 2.45) is 76.9 Å². The second-order valence-corrected chi connectivity index (χ2v) is 15.0. The lowest BCUT2D eigenvalue weighted by Crippen LogP contribution is -2.46. The number of allylic oxidation sites excluding steroid dienone is 8. The average Bonchev–Trinajstić information content (AvgIpc) is 2.89. The summed E-state index contributed by atoms with van der Waals surface area (Å²) in [5, 5.41) is 0. The number of hydrogen-bond acceptors (Lipinski definition) is 0. The Bertz CT molecular complexity index is 1010. The first kappa shape index (κ1) is 31.5. The highest BCUT2D eigenvalue weighted by Gasteiger charge is 2.47. The molecule has 0 aliphatic heterocycles. The highest BCUT2D eigenvalue weighted by Crippen LogP contribution is 2.55. The van der Waals surface area contributed by atoms with Crippen LogP contribution < -0.4 is 0 Å². The zero-order valence-electron chi connectivity index (χ0n) is 28.5. The monoisotopic (exact) mass is 521 g/mol. The van der Waals surface area contributed by atoms with Gasteiger partial charge in [0.1, 0.15) is 0 Å². The molecule has 0 amide bonds. The first-order chi connectivity index (χ1) is 17.5. The van der Waals surface area contributed by atoms with E-state index in [2.05, 4.69) is 118 Å². The zero-order chi connectivity index (χ0) is 29.1. The molecule has 0 nitrogen and oxygen atoms in total. The molecule has 0 N–H and O–H groups in total. The third kappa shape index (κ3) is 4.87. The van der Waals surface area contributed by atoms with Gasteiger partial charge in [-0.25, -0.2) is 0 Å². The van der Waals surface area contributed by atoms with Crippen molar-refractivity contribution in [2.45, 2.75) is 118 Å². The predicted molar refractivity (Wildman–Crippen MR) is 170 cm³/mol. The van der Waals surface area contributed by atoms with Gasteiger partial charge in [0.25, 0.3) is 0 Å². The summed E-state index contributed by atoms with van der Waals surface area (Å²) in [4.78, 5) is 0. The van der Waals surface area contributed by atoms with E-state index in [4.69, 9.17) is 0 Å². The van der Waals surface area contributed by atoms with Crippen molar-refractivity contribution in [3.8, 4) is 0 Å².